The summed E-state index contributed by atoms with van der Waals surface area (Å²) in [6, 6.07) is 6.59. The lowest BCUT2D eigenvalue weighted by Gasteiger charge is -1.98. The summed E-state index contributed by atoms with van der Waals surface area (Å²) in [6.45, 7) is 1.48. The lowest BCUT2D eigenvalue weighted by atomic mass is 10.1. The van der Waals surface area contributed by atoms with E-state index in [4.69, 9.17) is 5.11 Å². The molecule has 3 heteroatoms. The molecule has 0 atom stereocenters. The zero-order valence-electron chi connectivity index (χ0n) is 7.19. The first-order valence-corrected chi connectivity index (χ1v) is 3.81. The van der Waals surface area contributed by atoms with Crippen LogP contribution in [0.2, 0.25) is 0 Å². The number of rotatable bonds is 2. The molecule has 0 unspecified atom stereocenters. The SMILES string of the molecule is CC(=Cc1ccccc1O)C(=O)O. The van der Waals surface area contributed by atoms with Crippen molar-refractivity contribution in [2.24, 2.45) is 0 Å². The number of carbonyl (C=O) groups is 1. The van der Waals surface area contributed by atoms with Crippen molar-refractivity contribution in [3.05, 3.63) is 35.4 Å². The van der Waals surface area contributed by atoms with Crippen molar-refractivity contribution >= 4 is 12.0 Å². The molecule has 0 aliphatic rings. The second-order valence-corrected chi connectivity index (χ2v) is 2.69. The van der Waals surface area contributed by atoms with Crippen molar-refractivity contribution in [3.8, 4) is 5.75 Å². The fourth-order valence-electron chi connectivity index (χ4n) is 0.905. The van der Waals surface area contributed by atoms with Gasteiger partial charge in [0.05, 0.1) is 0 Å². The summed E-state index contributed by atoms with van der Waals surface area (Å²) < 4.78 is 0. The summed E-state index contributed by atoms with van der Waals surface area (Å²) in [7, 11) is 0. The van der Waals surface area contributed by atoms with E-state index in [9.17, 15) is 9.90 Å². The second-order valence-electron chi connectivity index (χ2n) is 2.69. The highest BCUT2D eigenvalue weighted by Crippen LogP contribution is 2.18. The predicted molar refractivity (Wildman–Crippen MR) is 49.4 cm³/mol. The summed E-state index contributed by atoms with van der Waals surface area (Å²) >= 11 is 0. The maximum absolute atomic E-state index is 10.5. The number of benzene rings is 1. The Morgan fingerprint density at radius 1 is 1.38 bits per heavy atom. The first-order valence-electron chi connectivity index (χ1n) is 3.81. The molecule has 0 amide bonds. The van der Waals surface area contributed by atoms with Crippen LogP contribution in [0.15, 0.2) is 29.8 Å². The normalized spacial score (nSPS) is 11.3. The smallest absolute Gasteiger partial charge is 0.331 e. The number of hydrogen-bond donors (Lipinski definition) is 2. The van der Waals surface area contributed by atoms with Crippen molar-refractivity contribution in [3.63, 3.8) is 0 Å². The molecule has 0 saturated carbocycles. The summed E-state index contributed by atoms with van der Waals surface area (Å²) in [5, 5.41) is 17.9. The number of phenols is 1. The highest BCUT2D eigenvalue weighted by Gasteiger charge is 2.01. The van der Waals surface area contributed by atoms with Gasteiger partial charge in [-0.3, -0.25) is 0 Å². The molecular formula is C10H10O3. The van der Waals surface area contributed by atoms with Gasteiger partial charge in [-0.25, -0.2) is 4.79 Å². The van der Waals surface area contributed by atoms with Crippen LogP contribution < -0.4 is 0 Å². The third-order valence-corrected chi connectivity index (χ3v) is 1.65. The predicted octanol–water partition coefficient (Wildman–Crippen LogP) is 1.88. The standard InChI is InChI=1S/C10H10O3/c1-7(10(12)13)6-8-4-2-3-5-9(8)11/h2-6,11H,1H3,(H,12,13). The van der Waals surface area contributed by atoms with Crippen LogP contribution in [-0.4, -0.2) is 16.2 Å². The topological polar surface area (TPSA) is 57.5 Å². The van der Waals surface area contributed by atoms with Gasteiger partial charge in [-0.05, 0) is 19.1 Å². The molecule has 0 spiro atoms. The average Bonchev–Trinajstić information content (AvgIpc) is 2.08. The zero-order chi connectivity index (χ0) is 9.84. The molecule has 0 saturated heterocycles. The molecule has 0 radical (unpaired) electrons. The monoisotopic (exact) mass is 178 g/mol. The van der Waals surface area contributed by atoms with Gasteiger partial charge in [0.2, 0.25) is 0 Å². The summed E-state index contributed by atoms with van der Waals surface area (Å²) in [5.74, 6) is -0.897. The van der Waals surface area contributed by atoms with E-state index in [1.807, 2.05) is 0 Å². The van der Waals surface area contributed by atoms with Crippen molar-refractivity contribution in [2.75, 3.05) is 0 Å². The Morgan fingerprint density at radius 3 is 2.54 bits per heavy atom. The molecule has 0 heterocycles. The third kappa shape index (κ3) is 2.33. The van der Waals surface area contributed by atoms with E-state index < -0.39 is 5.97 Å². The van der Waals surface area contributed by atoms with Crippen LogP contribution in [0.1, 0.15) is 12.5 Å². The number of carboxylic acid groups (broad SMARTS) is 1. The number of hydrogen-bond acceptors (Lipinski definition) is 2. The Balaban J connectivity index is 3.04. The van der Waals surface area contributed by atoms with Crippen molar-refractivity contribution in [2.45, 2.75) is 6.92 Å². The molecule has 3 nitrogen and oxygen atoms in total. The maximum Gasteiger partial charge on any atom is 0.331 e. The zero-order valence-corrected chi connectivity index (χ0v) is 7.19. The molecule has 2 N–H and O–H groups in total. The van der Waals surface area contributed by atoms with Gasteiger partial charge in [-0.1, -0.05) is 18.2 Å². The van der Waals surface area contributed by atoms with Gasteiger partial charge in [0, 0.05) is 11.1 Å². The lowest BCUT2D eigenvalue weighted by Crippen LogP contribution is -1.95. The number of phenolic OH excluding ortho intramolecular Hbond substituents is 1. The molecule has 1 aromatic rings. The molecule has 68 valence electrons. The van der Waals surface area contributed by atoms with Gasteiger partial charge in [0.1, 0.15) is 5.75 Å². The Morgan fingerprint density at radius 2 is 2.00 bits per heavy atom. The largest absolute Gasteiger partial charge is 0.507 e. The minimum absolute atomic E-state index is 0.0862. The van der Waals surface area contributed by atoms with Crippen LogP contribution in [-0.2, 0) is 4.79 Å². The first kappa shape index (κ1) is 9.32. The molecule has 0 aliphatic heterocycles. The third-order valence-electron chi connectivity index (χ3n) is 1.65. The molecule has 13 heavy (non-hydrogen) atoms. The number of aliphatic carboxylic acids is 1. The summed E-state index contributed by atoms with van der Waals surface area (Å²) in [4.78, 5) is 10.5. The van der Waals surface area contributed by atoms with E-state index in [-0.39, 0.29) is 11.3 Å². The Kier molecular flexibility index (Phi) is 2.69. The van der Waals surface area contributed by atoms with E-state index in [2.05, 4.69) is 0 Å². The Labute approximate surface area is 76.0 Å². The molecule has 0 aromatic heterocycles. The maximum atomic E-state index is 10.5. The average molecular weight is 178 g/mol. The van der Waals surface area contributed by atoms with Crippen molar-refractivity contribution < 1.29 is 15.0 Å². The Bertz CT molecular complexity index is 353. The van der Waals surface area contributed by atoms with Crippen molar-refractivity contribution in [1.29, 1.82) is 0 Å². The minimum Gasteiger partial charge on any atom is -0.507 e. The molecule has 0 fully saturated rings. The van der Waals surface area contributed by atoms with E-state index in [0.717, 1.165) is 0 Å². The van der Waals surface area contributed by atoms with Gasteiger partial charge >= 0.3 is 5.97 Å². The van der Waals surface area contributed by atoms with Gasteiger partial charge < -0.3 is 10.2 Å². The number of carboxylic acids is 1. The van der Waals surface area contributed by atoms with E-state index in [1.54, 1.807) is 18.2 Å². The van der Waals surface area contributed by atoms with E-state index >= 15 is 0 Å². The van der Waals surface area contributed by atoms with Crippen molar-refractivity contribution in [1.82, 2.24) is 0 Å². The van der Waals surface area contributed by atoms with E-state index in [1.165, 1.54) is 19.1 Å². The van der Waals surface area contributed by atoms with Gasteiger partial charge in [0.25, 0.3) is 0 Å². The van der Waals surface area contributed by atoms with Crippen LogP contribution in [0, 0.1) is 0 Å². The second kappa shape index (κ2) is 3.76. The quantitative estimate of drug-likeness (QED) is 0.680. The fourth-order valence-corrected chi connectivity index (χ4v) is 0.905. The molecular weight excluding hydrogens is 168 g/mol. The van der Waals surface area contributed by atoms with E-state index in [0.29, 0.717) is 5.56 Å². The van der Waals surface area contributed by atoms with Crippen LogP contribution in [0.25, 0.3) is 6.08 Å². The van der Waals surface area contributed by atoms with Gasteiger partial charge in [-0.2, -0.15) is 0 Å². The minimum atomic E-state index is -0.983. The molecule has 1 aromatic carbocycles. The number of para-hydroxylation sites is 1. The highest BCUT2D eigenvalue weighted by atomic mass is 16.4. The summed E-state index contributed by atoms with van der Waals surface area (Å²) in [6.07, 6.45) is 1.43. The molecule has 0 bridgehead atoms. The van der Waals surface area contributed by atoms with Crippen LogP contribution in [0.5, 0.6) is 5.75 Å². The summed E-state index contributed by atoms with van der Waals surface area (Å²) in [5.41, 5.74) is 0.712. The van der Waals surface area contributed by atoms with Crippen LogP contribution >= 0.6 is 0 Å². The highest BCUT2D eigenvalue weighted by molar-refractivity contribution is 5.91. The molecule has 0 aliphatic carbocycles. The van der Waals surface area contributed by atoms with Gasteiger partial charge in [0.15, 0.2) is 0 Å². The van der Waals surface area contributed by atoms with Gasteiger partial charge in [-0.15, -0.1) is 0 Å². The fraction of sp³-hybridized carbons (Fsp3) is 0.100. The lowest BCUT2D eigenvalue weighted by molar-refractivity contribution is -0.132. The van der Waals surface area contributed by atoms with Crippen LogP contribution in [0.4, 0.5) is 0 Å². The molecule has 1 rings (SSSR count). The first-order chi connectivity index (χ1) is 6.11. The van der Waals surface area contributed by atoms with Crippen LogP contribution in [0.3, 0.4) is 0 Å². The Hall–Kier alpha value is -1.77. The number of aromatic hydroxyl groups is 1.